The third-order valence-corrected chi connectivity index (χ3v) is 1.80. The minimum absolute atomic E-state index is 0.0279. The first kappa shape index (κ1) is 12.2. The molecule has 4 nitrogen and oxygen atoms in total. The zero-order valence-corrected chi connectivity index (χ0v) is 9.78. The van der Waals surface area contributed by atoms with Crippen molar-refractivity contribution in [2.45, 2.75) is 20.8 Å². The molecule has 4 heteroatoms. The first-order valence-corrected chi connectivity index (χ1v) is 5.07. The molecule has 0 radical (unpaired) electrons. The van der Waals surface area contributed by atoms with Crippen LogP contribution in [0.2, 0.25) is 0 Å². The van der Waals surface area contributed by atoms with E-state index in [1.807, 2.05) is 31.2 Å². The van der Waals surface area contributed by atoms with E-state index in [0.29, 0.717) is 5.75 Å². The van der Waals surface area contributed by atoms with Crippen LogP contribution in [0.1, 0.15) is 19.4 Å². The second-order valence-electron chi connectivity index (χ2n) is 3.70. The Hall–Kier alpha value is -1.84. The molecular weight excluding hydrogens is 204 g/mol. The number of benzene rings is 1. The molecule has 1 N–H and O–H groups in total. The summed E-state index contributed by atoms with van der Waals surface area (Å²) in [7, 11) is 0. The normalized spacial score (nSPS) is 9.44. The molecule has 1 rings (SSSR count). The molecule has 1 aromatic carbocycles. The minimum atomic E-state index is -0.262. The quantitative estimate of drug-likeness (QED) is 0.622. The topological polar surface area (TPSA) is 50.7 Å². The van der Waals surface area contributed by atoms with Gasteiger partial charge in [-0.05, 0) is 32.9 Å². The van der Waals surface area contributed by atoms with E-state index in [-0.39, 0.29) is 12.5 Å². The Kier molecular flexibility index (Phi) is 4.51. The lowest BCUT2D eigenvalue weighted by Crippen LogP contribution is -2.25. The van der Waals surface area contributed by atoms with Crippen LogP contribution in [-0.2, 0) is 4.79 Å². The molecule has 86 valence electrons. The average molecular weight is 220 g/mol. The number of carbonyl (C=O) groups excluding carboxylic acids is 1. The summed E-state index contributed by atoms with van der Waals surface area (Å²) in [4.78, 5) is 11.2. The van der Waals surface area contributed by atoms with Crippen LogP contribution in [0.5, 0.6) is 5.75 Å². The largest absolute Gasteiger partial charge is 0.484 e. The van der Waals surface area contributed by atoms with Crippen LogP contribution in [0.3, 0.4) is 0 Å². The maximum absolute atomic E-state index is 11.2. The van der Waals surface area contributed by atoms with Crippen molar-refractivity contribution in [1.82, 2.24) is 5.43 Å². The van der Waals surface area contributed by atoms with E-state index in [4.69, 9.17) is 4.74 Å². The van der Waals surface area contributed by atoms with Gasteiger partial charge in [0.15, 0.2) is 6.61 Å². The van der Waals surface area contributed by atoms with Crippen LogP contribution in [-0.4, -0.2) is 18.2 Å². The molecule has 0 atom stereocenters. The fourth-order valence-electron chi connectivity index (χ4n) is 0.990. The number of hydrazone groups is 1. The van der Waals surface area contributed by atoms with Gasteiger partial charge in [-0.25, -0.2) is 5.43 Å². The number of ether oxygens (including phenoxy) is 1. The molecule has 0 spiro atoms. The number of rotatable bonds is 4. The Morgan fingerprint density at radius 2 is 1.94 bits per heavy atom. The van der Waals surface area contributed by atoms with Crippen molar-refractivity contribution >= 4 is 11.6 Å². The van der Waals surface area contributed by atoms with Gasteiger partial charge in [0.1, 0.15) is 5.75 Å². The maximum Gasteiger partial charge on any atom is 0.277 e. The fourth-order valence-corrected chi connectivity index (χ4v) is 0.990. The van der Waals surface area contributed by atoms with Gasteiger partial charge >= 0.3 is 0 Å². The molecule has 0 aliphatic heterocycles. The summed E-state index contributed by atoms with van der Waals surface area (Å²) in [6, 6.07) is 7.52. The Morgan fingerprint density at radius 1 is 1.31 bits per heavy atom. The van der Waals surface area contributed by atoms with Crippen molar-refractivity contribution in [1.29, 1.82) is 0 Å². The van der Waals surface area contributed by atoms with E-state index in [1.54, 1.807) is 13.8 Å². The fraction of sp³-hybridized carbons (Fsp3) is 0.333. The van der Waals surface area contributed by atoms with E-state index in [1.165, 1.54) is 0 Å². The summed E-state index contributed by atoms with van der Waals surface area (Å²) in [5.41, 5.74) is 4.34. The number of nitrogens with one attached hydrogen (secondary N) is 1. The number of hydrogen-bond donors (Lipinski definition) is 1. The molecule has 0 aliphatic carbocycles. The van der Waals surface area contributed by atoms with Crippen LogP contribution in [0.4, 0.5) is 0 Å². The van der Waals surface area contributed by atoms with Gasteiger partial charge in [0.05, 0.1) is 0 Å². The third kappa shape index (κ3) is 4.59. The van der Waals surface area contributed by atoms with Gasteiger partial charge in [-0.2, -0.15) is 5.10 Å². The zero-order valence-electron chi connectivity index (χ0n) is 9.78. The third-order valence-electron chi connectivity index (χ3n) is 1.80. The predicted octanol–water partition coefficient (Wildman–Crippen LogP) is 1.89. The van der Waals surface area contributed by atoms with Crippen molar-refractivity contribution in [2.75, 3.05) is 6.61 Å². The molecule has 0 aromatic heterocycles. The summed E-state index contributed by atoms with van der Waals surface area (Å²) in [5.74, 6) is 0.416. The summed E-state index contributed by atoms with van der Waals surface area (Å²) < 4.78 is 5.27. The summed E-state index contributed by atoms with van der Waals surface area (Å²) >= 11 is 0. The average Bonchev–Trinajstić information content (AvgIpc) is 2.25. The van der Waals surface area contributed by atoms with Crippen molar-refractivity contribution in [3.8, 4) is 5.75 Å². The first-order valence-electron chi connectivity index (χ1n) is 5.07. The van der Waals surface area contributed by atoms with Crippen LogP contribution < -0.4 is 10.2 Å². The SMILES string of the molecule is CC(C)=NNC(=O)COc1ccc(C)cc1. The van der Waals surface area contributed by atoms with Crippen LogP contribution in [0.25, 0.3) is 0 Å². The zero-order chi connectivity index (χ0) is 12.0. The van der Waals surface area contributed by atoms with Crippen molar-refractivity contribution < 1.29 is 9.53 Å². The summed E-state index contributed by atoms with van der Waals surface area (Å²) in [5, 5.41) is 3.79. The molecule has 0 aliphatic rings. The van der Waals surface area contributed by atoms with Crippen molar-refractivity contribution in [2.24, 2.45) is 5.10 Å². The monoisotopic (exact) mass is 220 g/mol. The molecule has 0 unspecified atom stereocenters. The molecule has 1 aromatic rings. The second-order valence-corrected chi connectivity index (χ2v) is 3.70. The molecule has 0 saturated heterocycles. The maximum atomic E-state index is 11.2. The smallest absolute Gasteiger partial charge is 0.277 e. The lowest BCUT2D eigenvalue weighted by Gasteiger charge is -2.05. The summed E-state index contributed by atoms with van der Waals surface area (Å²) in [6.07, 6.45) is 0. The highest BCUT2D eigenvalue weighted by atomic mass is 16.5. The first-order chi connectivity index (χ1) is 7.58. The van der Waals surface area contributed by atoms with E-state index in [0.717, 1.165) is 11.3 Å². The van der Waals surface area contributed by atoms with Gasteiger partial charge in [-0.15, -0.1) is 0 Å². The van der Waals surface area contributed by atoms with E-state index in [9.17, 15) is 4.79 Å². The molecule has 0 bridgehead atoms. The molecule has 1 amide bonds. The van der Waals surface area contributed by atoms with Gasteiger partial charge in [0.25, 0.3) is 5.91 Å². The number of aryl methyl sites for hydroxylation is 1. The highest BCUT2D eigenvalue weighted by Gasteiger charge is 2.00. The highest BCUT2D eigenvalue weighted by Crippen LogP contribution is 2.10. The molecule has 0 saturated carbocycles. The summed E-state index contributed by atoms with van der Waals surface area (Å²) in [6.45, 7) is 5.58. The van der Waals surface area contributed by atoms with E-state index in [2.05, 4.69) is 10.5 Å². The lowest BCUT2D eigenvalue weighted by atomic mass is 10.2. The Bertz CT molecular complexity index is 379. The van der Waals surface area contributed by atoms with Gasteiger partial charge in [0, 0.05) is 5.71 Å². The van der Waals surface area contributed by atoms with Gasteiger partial charge in [-0.1, -0.05) is 17.7 Å². The van der Waals surface area contributed by atoms with Crippen molar-refractivity contribution in [3.63, 3.8) is 0 Å². The van der Waals surface area contributed by atoms with Crippen LogP contribution >= 0.6 is 0 Å². The van der Waals surface area contributed by atoms with E-state index < -0.39 is 0 Å². The highest BCUT2D eigenvalue weighted by molar-refractivity contribution is 5.83. The standard InChI is InChI=1S/C12H16N2O2/c1-9(2)13-14-12(15)8-16-11-6-4-10(3)5-7-11/h4-7H,8H2,1-3H3,(H,14,15). The van der Waals surface area contributed by atoms with Crippen molar-refractivity contribution in [3.05, 3.63) is 29.8 Å². The number of hydrogen-bond acceptors (Lipinski definition) is 3. The molecule has 16 heavy (non-hydrogen) atoms. The number of nitrogens with zero attached hydrogens (tertiary/aromatic N) is 1. The number of amides is 1. The Morgan fingerprint density at radius 3 is 2.50 bits per heavy atom. The Balaban J connectivity index is 2.37. The molecule has 0 heterocycles. The number of carbonyl (C=O) groups is 1. The lowest BCUT2D eigenvalue weighted by molar-refractivity contribution is -0.123. The second kappa shape index (κ2) is 5.90. The van der Waals surface area contributed by atoms with Gasteiger partial charge < -0.3 is 4.74 Å². The molecular formula is C12H16N2O2. The van der Waals surface area contributed by atoms with Gasteiger partial charge in [0.2, 0.25) is 0 Å². The van der Waals surface area contributed by atoms with E-state index >= 15 is 0 Å². The molecule has 0 fully saturated rings. The predicted molar refractivity (Wildman–Crippen MR) is 63.6 cm³/mol. The van der Waals surface area contributed by atoms with Crippen LogP contribution in [0, 0.1) is 6.92 Å². The van der Waals surface area contributed by atoms with Crippen LogP contribution in [0.15, 0.2) is 29.4 Å². The Labute approximate surface area is 95.3 Å². The van der Waals surface area contributed by atoms with Gasteiger partial charge in [-0.3, -0.25) is 4.79 Å². The minimum Gasteiger partial charge on any atom is -0.484 e.